The molecule has 3 heterocycles. The molecule has 0 fully saturated rings. The predicted molar refractivity (Wildman–Crippen MR) is 141 cm³/mol. The van der Waals surface area contributed by atoms with E-state index < -0.39 is 23.8 Å². The van der Waals surface area contributed by atoms with Crippen LogP contribution in [0.3, 0.4) is 0 Å². The lowest BCUT2D eigenvalue weighted by Crippen LogP contribution is -2.42. The number of carbonyl (C=O) groups is 2. The van der Waals surface area contributed by atoms with Gasteiger partial charge in [0.1, 0.15) is 17.1 Å². The van der Waals surface area contributed by atoms with Gasteiger partial charge in [-0.2, -0.15) is 5.10 Å². The van der Waals surface area contributed by atoms with Gasteiger partial charge in [-0.1, -0.05) is 60.7 Å². The number of aliphatic imine (C=N–C) groups is 1. The summed E-state index contributed by atoms with van der Waals surface area (Å²) in [6.45, 7) is 2.41. The van der Waals surface area contributed by atoms with E-state index in [4.69, 9.17) is 9.73 Å². The standard InChI is InChI=1S/C29H24FN5O3/c1-17-15-16-35-29(38-17)23(25(34-35)19-11-5-7-13-21(19)30)27(36)33-26-28(37)31-22-14-8-6-12-20(22)24(32-26)18-9-3-2-4-10-18/h2-14,17,26H,15-16H2,1H3,(H,31,37)(H,33,36). The number of aryl methyl sites for hydroxylation is 1. The van der Waals surface area contributed by atoms with E-state index in [0.717, 1.165) is 11.1 Å². The SMILES string of the molecule is CC1CCn2nc(-c3ccccc3F)c(C(=O)NC3N=C(c4ccccc4)c4ccccc4NC3=O)c2O1. The van der Waals surface area contributed by atoms with Gasteiger partial charge in [0.25, 0.3) is 11.8 Å². The number of nitrogens with one attached hydrogen (secondary N) is 2. The Hall–Kier alpha value is -4.79. The second-order valence-electron chi connectivity index (χ2n) is 9.20. The number of benzodiazepines with no additional fused rings is 1. The molecule has 0 spiro atoms. The summed E-state index contributed by atoms with van der Waals surface area (Å²) in [5.41, 5.74) is 3.05. The summed E-state index contributed by atoms with van der Waals surface area (Å²) in [7, 11) is 0. The molecule has 190 valence electrons. The minimum atomic E-state index is -1.25. The van der Waals surface area contributed by atoms with Crippen molar-refractivity contribution in [3.63, 3.8) is 0 Å². The monoisotopic (exact) mass is 509 g/mol. The number of hydrogen-bond acceptors (Lipinski definition) is 5. The third kappa shape index (κ3) is 4.21. The third-order valence-corrected chi connectivity index (χ3v) is 6.58. The average molecular weight is 510 g/mol. The van der Waals surface area contributed by atoms with Crippen molar-refractivity contribution in [1.82, 2.24) is 15.1 Å². The molecule has 2 aliphatic heterocycles. The molecule has 0 aliphatic carbocycles. The average Bonchev–Trinajstić information content (AvgIpc) is 3.23. The van der Waals surface area contributed by atoms with Gasteiger partial charge in [-0.15, -0.1) is 0 Å². The summed E-state index contributed by atoms with van der Waals surface area (Å²) >= 11 is 0. The van der Waals surface area contributed by atoms with Crippen molar-refractivity contribution in [3.8, 4) is 17.1 Å². The van der Waals surface area contributed by atoms with Gasteiger partial charge in [0.15, 0.2) is 0 Å². The highest BCUT2D eigenvalue weighted by atomic mass is 19.1. The quantitative estimate of drug-likeness (QED) is 0.426. The first kappa shape index (κ1) is 23.6. The molecule has 9 heteroatoms. The summed E-state index contributed by atoms with van der Waals surface area (Å²) in [6.07, 6.45) is -0.715. The number of ether oxygens (including phenoxy) is 1. The minimum Gasteiger partial charge on any atom is -0.474 e. The van der Waals surface area contributed by atoms with Crippen LogP contribution in [0.15, 0.2) is 83.9 Å². The Morgan fingerprint density at radius 3 is 2.53 bits per heavy atom. The zero-order valence-corrected chi connectivity index (χ0v) is 20.5. The molecule has 0 radical (unpaired) electrons. The highest BCUT2D eigenvalue weighted by molar-refractivity contribution is 6.20. The number of benzene rings is 3. The topological polar surface area (TPSA) is 97.6 Å². The van der Waals surface area contributed by atoms with Gasteiger partial charge in [0.05, 0.1) is 17.5 Å². The van der Waals surface area contributed by atoms with Gasteiger partial charge in [0.2, 0.25) is 12.0 Å². The maximum absolute atomic E-state index is 14.8. The number of rotatable bonds is 4. The number of amides is 2. The minimum absolute atomic E-state index is 0.0627. The van der Waals surface area contributed by atoms with E-state index in [9.17, 15) is 14.0 Å². The molecule has 0 saturated carbocycles. The van der Waals surface area contributed by atoms with Gasteiger partial charge >= 0.3 is 0 Å². The van der Waals surface area contributed by atoms with E-state index in [1.807, 2.05) is 55.5 Å². The number of para-hydroxylation sites is 1. The highest BCUT2D eigenvalue weighted by Gasteiger charge is 2.34. The fourth-order valence-corrected chi connectivity index (χ4v) is 4.70. The number of hydrogen-bond donors (Lipinski definition) is 2. The van der Waals surface area contributed by atoms with E-state index in [-0.39, 0.29) is 28.8 Å². The largest absolute Gasteiger partial charge is 0.474 e. The number of aromatic nitrogens is 2. The van der Waals surface area contributed by atoms with Gasteiger partial charge < -0.3 is 15.4 Å². The molecule has 0 saturated heterocycles. The number of carbonyl (C=O) groups excluding carboxylic acids is 2. The van der Waals surface area contributed by atoms with Gasteiger partial charge in [-0.3, -0.25) is 9.59 Å². The molecule has 8 nitrogen and oxygen atoms in total. The summed E-state index contributed by atoms with van der Waals surface area (Å²) in [6, 6.07) is 22.9. The Kier molecular flexibility index (Phi) is 5.95. The van der Waals surface area contributed by atoms with Crippen molar-refractivity contribution in [2.24, 2.45) is 4.99 Å². The molecule has 4 aromatic rings. The van der Waals surface area contributed by atoms with Crippen LogP contribution >= 0.6 is 0 Å². The van der Waals surface area contributed by atoms with Crippen molar-refractivity contribution in [2.75, 3.05) is 5.32 Å². The molecule has 38 heavy (non-hydrogen) atoms. The second-order valence-corrected chi connectivity index (χ2v) is 9.20. The molecule has 2 N–H and O–H groups in total. The van der Waals surface area contributed by atoms with Crippen molar-refractivity contribution in [2.45, 2.75) is 32.2 Å². The highest BCUT2D eigenvalue weighted by Crippen LogP contribution is 2.35. The van der Waals surface area contributed by atoms with Crippen LogP contribution in [0.1, 0.15) is 34.8 Å². The van der Waals surface area contributed by atoms with Gasteiger partial charge in [-0.05, 0) is 25.1 Å². The molecular weight excluding hydrogens is 485 g/mol. The molecule has 3 aromatic carbocycles. The lowest BCUT2D eigenvalue weighted by atomic mass is 10.0. The maximum atomic E-state index is 14.8. The first-order chi connectivity index (χ1) is 18.5. The van der Waals surface area contributed by atoms with Crippen LogP contribution in [-0.4, -0.2) is 39.6 Å². The normalized spacial score (nSPS) is 18.3. The lowest BCUT2D eigenvalue weighted by Gasteiger charge is -2.22. The lowest BCUT2D eigenvalue weighted by molar-refractivity contribution is -0.117. The van der Waals surface area contributed by atoms with Crippen molar-refractivity contribution in [3.05, 3.63) is 101 Å². The van der Waals surface area contributed by atoms with Crippen molar-refractivity contribution in [1.29, 1.82) is 0 Å². The van der Waals surface area contributed by atoms with Crippen LogP contribution in [-0.2, 0) is 11.3 Å². The van der Waals surface area contributed by atoms with Crippen LogP contribution < -0.4 is 15.4 Å². The first-order valence-corrected chi connectivity index (χ1v) is 12.4. The fraction of sp³-hybridized carbons (Fsp3) is 0.172. The van der Waals surface area contributed by atoms with E-state index in [2.05, 4.69) is 15.7 Å². The van der Waals surface area contributed by atoms with Crippen LogP contribution in [0, 0.1) is 5.82 Å². The van der Waals surface area contributed by atoms with Crippen molar-refractivity contribution >= 4 is 23.2 Å². The smallest absolute Gasteiger partial charge is 0.269 e. The van der Waals surface area contributed by atoms with Crippen LogP contribution in [0.2, 0.25) is 0 Å². The Morgan fingerprint density at radius 1 is 1.03 bits per heavy atom. The molecule has 0 bridgehead atoms. The van der Waals surface area contributed by atoms with Crippen LogP contribution in [0.25, 0.3) is 11.3 Å². The number of nitrogens with zero attached hydrogens (tertiary/aromatic N) is 3. The molecule has 6 rings (SSSR count). The summed E-state index contributed by atoms with van der Waals surface area (Å²) in [5, 5.41) is 10.1. The summed E-state index contributed by atoms with van der Waals surface area (Å²) in [4.78, 5) is 31.8. The maximum Gasteiger partial charge on any atom is 0.269 e. The Morgan fingerprint density at radius 2 is 1.74 bits per heavy atom. The molecule has 2 atom stereocenters. The zero-order valence-electron chi connectivity index (χ0n) is 20.5. The van der Waals surface area contributed by atoms with E-state index in [1.165, 1.54) is 6.07 Å². The van der Waals surface area contributed by atoms with Crippen LogP contribution in [0.5, 0.6) is 5.88 Å². The van der Waals surface area contributed by atoms with Crippen molar-refractivity contribution < 1.29 is 18.7 Å². The molecular formula is C29H24FN5O3. The summed E-state index contributed by atoms with van der Waals surface area (Å²) < 4.78 is 22.4. The molecule has 1 aromatic heterocycles. The Balaban J connectivity index is 1.43. The summed E-state index contributed by atoms with van der Waals surface area (Å²) in [5.74, 6) is -1.42. The Labute approximate surface area is 218 Å². The molecule has 2 unspecified atom stereocenters. The second kappa shape index (κ2) is 9.59. The third-order valence-electron chi connectivity index (χ3n) is 6.58. The van der Waals surface area contributed by atoms with Gasteiger partial charge in [0, 0.05) is 29.7 Å². The zero-order chi connectivity index (χ0) is 26.2. The van der Waals surface area contributed by atoms with Gasteiger partial charge in [-0.25, -0.2) is 14.1 Å². The van der Waals surface area contributed by atoms with E-state index >= 15 is 0 Å². The Bertz CT molecular complexity index is 1580. The first-order valence-electron chi connectivity index (χ1n) is 12.4. The van der Waals surface area contributed by atoms with E-state index in [1.54, 1.807) is 28.9 Å². The van der Waals surface area contributed by atoms with Crippen LogP contribution in [0.4, 0.5) is 10.1 Å². The van der Waals surface area contributed by atoms with E-state index in [0.29, 0.717) is 24.4 Å². The predicted octanol–water partition coefficient (Wildman–Crippen LogP) is 4.41. The fourth-order valence-electron chi connectivity index (χ4n) is 4.70. The molecule has 2 amide bonds. The number of anilines is 1. The number of fused-ring (bicyclic) bond motifs is 2. The molecule has 2 aliphatic rings. The number of halogens is 1.